The first kappa shape index (κ1) is 16.2. The summed E-state index contributed by atoms with van der Waals surface area (Å²) in [5, 5.41) is 8.78. The quantitative estimate of drug-likeness (QED) is 0.759. The first-order chi connectivity index (χ1) is 11.8. The summed E-state index contributed by atoms with van der Waals surface area (Å²) in [6, 6.07) is 9.30. The van der Waals surface area contributed by atoms with Crippen LogP contribution in [0.4, 0.5) is 0 Å². The highest BCUT2D eigenvalue weighted by Gasteiger charge is 2.21. The topological polar surface area (TPSA) is 71.3 Å². The Kier molecular flexibility index (Phi) is 5.24. The fraction of sp³-hybridized carbons (Fsp3) is 0.389. The number of nitriles is 1. The van der Waals surface area contributed by atoms with Crippen LogP contribution in [-0.2, 0) is 13.0 Å². The van der Waals surface area contributed by atoms with Gasteiger partial charge in [-0.25, -0.2) is 9.97 Å². The Bertz CT molecular complexity index is 711. The second-order valence-corrected chi connectivity index (χ2v) is 5.67. The summed E-state index contributed by atoms with van der Waals surface area (Å²) < 4.78 is 11.1. The van der Waals surface area contributed by atoms with Crippen molar-refractivity contribution >= 4 is 0 Å². The van der Waals surface area contributed by atoms with Gasteiger partial charge in [0.05, 0.1) is 31.0 Å². The zero-order valence-corrected chi connectivity index (χ0v) is 13.7. The van der Waals surface area contributed by atoms with Crippen LogP contribution in [-0.4, -0.2) is 41.7 Å². The summed E-state index contributed by atoms with van der Waals surface area (Å²) in [5.74, 6) is 1.48. The van der Waals surface area contributed by atoms with Crippen molar-refractivity contribution in [3.05, 3.63) is 47.4 Å². The van der Waals surface area contributed by atoms with E-state index in [0.717, 1.165) is 49.5 Å². The summed E-state index contributed by atoms with van der Waals surface area (Å²) >= 11 is 0. The van der Waals surface area contributed by atoms with Gasteiger partial charge < -0.3 is 9.47 Å². The molecule has 1 aromatic carbocycles. The highest BCUT2D eigenvalue weighted by atomic mass is 16.5. The number of benzene rings is 1. The van der Waals surface area contributed by atoms with E-state index in [4.69, 9.17) is 14.7 Å². The minimum absolute atomic E-state index is 0.644. The number of aromatic nitrogens is 2. The molecule has 0 saturated heterocycles. The molecule has 6 heteroatoms. The minimum Gasteiger partial charge on any atom is -0.494 e. The summed E-state index contributed by atoms with van der Waals surface area (Å²) in [6.07, 6.45) is 3.43. The molecule has 0 radical (unpaired) electrons. The molecule has 1 aliphatic heterocycles. The molecule has 0 atom stereocenters. The van der Waals surface area contributed by atoms with Gasteiger partial charge in [0.15, 0.2) is 0 Å². The predicted molar refractivity (Wildman–Crippen MR) is 88.8 cm³/mol. The summed E-state index contributed by atoms with van der Waals surface area (Å²) in [5.41, 5.74) is 2.83. The van der Waals surface area contributed by atoms with E-state index >= 15 is 0 Å². The lowest BCUT2D eigenvalue weighted by Gasteiger charge is -2.28. The van der Waals surface area contributed by atoms with Crippen molar-refractivity contribution in [2.75, 3.05) is 26.8 Å². The van der Waals surface area contributed by atoms with Crippen LogP contribution in [0.2, 0.25) is 0 Å². The van der Waals surface area contributed by atoms with Gasteiger partial charge in [0.1, 0.15) is 12.1 Å². The number of hydrogen-bond donors (Lipinski definition) is 0. The second-order valence-electron chi connectivity index (χ2n) is 5.67. The van der Waals surface area contributed by atoms with Crippen LogP contribution in [0.3, 0.4) is 0 Å². The van der Waals surface area contributed by atoms with E-state index in [0.29, 0.717) is 18.1 Å². The average Bonchev–Trinajstić information content (AvgIpc) is 2.65. The maximum absolute atomic E-state index is 8.78. The Morgan fingerprint density at radius 2 is 2.08 bits per heavy atom. The smallest absolute Gasteiger partial charge is 0.220 e. The van der Waals surface area contributed by atoms with Crippen molar-refractivity contribution < 1.29 is 9.47 Å². The number of fused-ring (bicyclic) bond motifs is 1. The van der Waals surface area contributed by atoms with Crippen molar-refractivity contribution in [2.24, 2.45) is 0 Å². The molecule has 0 bridgehead atoms. The fourth-order valence-electron chi connectivity index (χ4n) is 2.84. The molecule has 1 aliphatic rings. The molecule has 0 N–H and O–H groups in total. The lowest BCUT2D eigenvalue weighted by atomic mass is 10.1. The molecule has 124 valence electrons. The minimum atomic E-state index is 0.644. The molecule has 1 aromatic heterocycles. The molecule has 0 fully saturated rings. The summed E-state index contributed by atoms with van der Waals surface area (Å²) in [6.45, 7) is 3.41. The lowest BCUT2D eigenvalue weighted by Crippen LogP contribution is -2.33. The van der Waals surface area contributed by atoms with Crippen LogP contribution >= 0.6 is 0 Å². The lowest BCUT2D eigenvalue weighted by molar-refractivity contribution is 0.215. The molecule has 2 heterocycles. The molecule has 2 aromatic rings. The summed E-state index contributed by atoms with van der Waals surface area (Å²) in [4.78, 5) is 10.9. The average molecular weight is 324 g/mol. The van der Waals surface area contributed by atoms with E-state index < -0.39 is 0 Å². The van der Waals surface area contributed by atoms with Crippen molar-refractivity contribution in [3.63, 3.8) is 0 Å². The number of ether oxygens (including phenoxy) is 2. The van der Waals surface area contributed by atoms with E-state index in [1.807, 2.05) is 12.1 Å². The zero-order valence-electron chi connectivity index (χ0n) is 13.7. The van der Waals surface area contributed by atoms with Crippen LogP contribution in [0.25, 0.3) is 0 Å². The third-order valence-electron chi connectivity index (χ3n) is 4.11. The molecule has 0 unspecified atom stereocenters. The molecule has 24 heavy (non-hydrogen) atoms. The van der Waals surface area contributed by atoms with Crippen molar-refractivity contribution in [1.29, 1.82) is 5.26 Å². The monoisotopic (exact) mass is 324 g/mol. The van der Waals surface area contributed by atoms with Crippen molar-refractivity contribution in [3.8, 4) is 17.7 Å². The third kappa shape index (κ3) is 3.81. The molecule has 0 amide bonds. The Morgan fingerprint density at radius 3 is 2.83 bits per heavy atom. The third-order valence-corrected chi connectivity index (χ3v) is 4.11. The molecule has 0 spiro atoms. The second kappa shape index (κ2) is 7.75. The number of rotatable bonds is 6. The number of hydrogen-bond acceptors (Lipinski definition) is 6. The number of nitrogens with zero attached hydrogens (tertiary/aromatic N) is 4. The van der Waals surface area contributed by atoms with Crippen LogP contribution in [0, 0.1) is 11.3 Å². The van der Waals surface area contributed by atoms with Crippen LogP contribution < -0.4 is 9.47 Å². The van der Waals surface area contributed by atoms with E-state index in [2.05, 4.69) is 20.9 Å². The number of methoxy groups -OCH3 is 1. The zero-order chi connectivity index (χ0) is 16.8. The first-order valence-electron chi connectivity index (χ1n) is 8.02. The predicted octanol–water partition coefficient (Wildman–Crippen LogP) is 2.18. The van der Waals surface area contributed by atoms with Crippen molar-refractivity contribution in [2.45, 2.75) is 19.4 Å². The molecule has 0 saturated carbocycles. The maximum atomic E-state index is 8.78. The molecule has 0 aliphatic carbocycles. The van der Waals surface area contributed by atoms with Gasteiger partial charge in [-0.05, 0) is 30.7 Å². The van der Waals surface area contributed by atoms with Gasteiger partial charge in [0.2, 0.25) is 5.88 Å². The van der Waals surface area contributed by atoms with Gasteiger partial charge >= 0.3 is 0 Å². The maximum Gasteiger partial charge on any atom is 0.220 e. The molecular formula is C18H20N4O2. The van der Waals surface area contributed by atoms with Gasteiger partial charge in [-0.15, -0.1) is 0 Å². The Labute approximate surface area is 141 Å². The van der Waals surface area contributed by atoms with Gasteiger partial charge in [-0.1, -0.05) is 0 Å². The van der Waals surface area contributed by atoms with Crippen LogP contribution in [0.1, 0.15) is 23.2 Å². The Morgan fingerprint density at radius 1 is 1.25 bits per heavy atom. The van der Waals surface area contributed by atoms with Gasteiger partial charge in [-0.2, -0.15) is 5.26 Å². The fourth-order valence-corrected chi connectivity index (χ4v) is 2.84. The SMILES string of the molecule is COc1ncnc2c1CN(CCCOc1ccc(C#N)cc1)CC2. The Balaban J connectivity index is 1.47. The molecule has 6 nitrogen and oxygen atoms in total. The van der Waals surface area contributed by atoms with Gasteiger partial charge in [-0.3, -0.25) is 4.90 Å². The van der Waals surface area contributed by atoms with Gasteiger partial charge in [0.25, 0.3) is 0 Å². The largest absolute Gasteiger partial charge is 0.494 e. The highest BCUT2D eigenvalue weighted by Crippen LogP contribution is 2.24. The van der Waals surface area contributed by atoms with Crippen molar-refractivity contribution in [1.82, 2.24) is 14.9 Å². The first-order valence-corrected chi connectivity index (χ1v) is 8.02. The van der Waals surface area contributed by atoms with Crippen LogP contribution in [0.5, 0.6) is 11.6 Å². The van der Waals surface area contributed by atoms with E-state index in [-0.39, 0.29) is 0 Å². The van der Waals surface area contributed by atoms with E-state index in [1.165, 1.54) is 0 Å². The van der Waals surface area contributed by atoms with Gasteiger partial charge in [0, 0.05) is 31.6 Å². The standard InChI is InChI=1S/C18H20N4O2/c1-23-18-16-12-22(9-7-17(16)20-13-21-18)8-2-10-24-15-5-3-14(11-19)4-6-15/h3-6,13H,2,7-10,12H2,1H3. The van der Waals surface area contributed by atoms with Crippen LogP contribution in [0.15, 0.2) is 30.6 Å². The highest BCUT2D eigenvalue weighted by molar-refractivity contribution is 5.34. The molecular weight excluding hydrogens is 304 g/mol. The Hall–Kier alpha value is -2.65. The summed E-state index contributed by atoms with van der Waals surface area (Å²) in [7, 11) is 1.65. The molecule has 3 rings (SSSR count). The normalized spacial score (nSPS) is 13.8. The van der Waals surface area contributed by atoms with E-state index in [1.54, 1.807) is 25.6 Å². The van der Waals surface area contributed by atoms with E-state index in [9.17, 15) is 0 Å².